The minimum absolute atomic E-state index is 0. The zero-order chi connectivity index (χ0) is 3.58. The lowest BCUT2D eigenvalue weighted by atomic mass is 14.0. The normalized spacial score (nSPS) is 3.43. The van der Waals surface area contributed by atoms with Gasteiger partial charge in [-0.2, -0.15) is 0 Å². The minimum atomic E-state index is -3.13. The second-order valence-electron chi connectivity index (χ2n) is 0.283. The van der Waals surface area contributed by atoms with Crippen LogP contribution in [0.2, 0.25) is 0 Å². The highest BCUT2D eigenvalue weighted by molar-refractivity contribution is 6.22. The van der Waals surface area contributed by atoms with Crippen molar-refractivity contribution >= 4 is 9.17 Å². The van der Waals surface area contributed by atoms with Crippen molar-refractivity contribution in [2.24, 2.45) is 0 Å². The molecule has 7 heteroatoms. The van der Waals surface area contributed by atoms with E-state index in [2.05, 4.69) is 0 Å². The van der Waals surface area contributed by atoms with E-state index in [9.17, 15) is 0 Å². The molecule has 0 saturated carbocycles. The van der Waals surface area contributed by atoms with Gasteiger partial charge >= 0.3 is 9.17 Å². The molecule has 0 aromatic heterocycles. The average Bonchev–Trinajstić information content (AvgIpc) is 0.811. The van der Waals surface area contributed by atoms with Crippen molar-refractivity contribution in [3.63, 3.8) is 0 Å². The summed E-state index contributed by atoms with van der Waals surface area (Å²) < 4.78 is 8.74. The van der Waals surface area contributed by atoms with Crippen LogP contribution in [0.15, 0.2) is 0 Å². The van der Waals surface area contributed by atoms with Gasteiger partial charge in [0.05, 0.1) is 0 Å². The highest BCUT2D eigenvalue weighted by Gasteiger charge is 1.85. The Balaban J connectivity index is -0.0000000150. The van der Waals surface area contributed by atoms with Crippen molar-refractivity contribution < 1.29 is 19.5 Å². The molecule has 0 radical (unpaired) electrons. The van der Waals surface area contributed by atoms with Crippen molar-refractivity contribution in [1.29, 1.82) is 0 Å². The molecule has 0 saturated heterocycles. The van der Waals surface area contributed by atoms with Gasteiger partial charge in [0.15, 0.2) is 0 Å². The largest absolute Gasteiger partial charge is 0.761 e. The van der Waals surface area contributed by atoms with Crippen molar-refractivity contribution in [1.82, 2.24) is 12.3 Å². The molecular formula is H10N2O4Si. The summed E-state index contributed by atoms with van der Waals surface area (Å²) >= 11 is 0. The molecule has 10 N–H and O–H groups in total. The van der Waals surface area contributed by atoms with Gasteiger partial charge in [-0.15, -0.1) is 0 Å². The lowest BCUT2D eigenvalue weighted by Crippen LogP contribution is -1.90. The maximum absolute atomic E-state index is 8.74. The molecule has 0 aliphatic rings. The van der Waals surface area contributed by atoms with Gasteiger partial charge < -0.3 is 27.4 Å². The van der Waals surface area contributed by atoms with Crippen molar-refractivity contribution in [3.05, 3.63) is 0 Å². The van der Waals surface area contributed by atoms with Crippen LogP contribution in [0.1, 0.15) is 0 Å². The summed E-state index contributed by atoms with van der Waals surface area (Å²) in [5.74, 6) is 0. The van der Waals surface area contributed by atoms with Crippen molar-refractivity contribution in [2.45, 2.75) is 0 Å². The Labute approximate surface area is 42.2 Å². The maximum Gasteiger partial charge on any atom is 0.761 e. The standard InChI is InChI=1S/2H3N.H2O3Si.H2O/c;;1-4(2)3;/h2*1H3;1-2H;1H2. The lowest BCUT2D eigenvalue weighted by Gasteiger charge is -1.55. The van der Waals surface area contributed by atoms with E-state index in [4.69, 9.17) is 14.1 Å². The minimum Gasteiger partial charge on any atom is -0.511 e. The molecular weight excluding hydrogens is 120 g/mol. The Morgan fingerprint density at radius 3 is 1.14 bits per heavy atom. The Morgan fingerprint density at radius 2 is 1.14 bits per heavy atom. The fraction of sp³-hybridized carbons (Fsp3) is 0. The van der Waals surface area contributed by atoms with Crippen LogP contribution in [-0.4, -0.2) is 24.2 Å². The summed E-state index contributed by atoms with van der Waals surface area (Å²) in [6.45, 7) is 0. The van der Waals surface area contributed by atoms with E-state index in [0.29, 0.717) is 0 Å². The second kappa shape index (κ2) is 17.8. The molecule has 0 atom stereocenters. The smallest absolute Gasteiger partial charge is 0.511 e. The quantitative estimate of drug-likeness (QED) is 0.275. The third-order valence-corrected chi connectivity index (χ3v) is 0. The van der Waals surface area contributed by atoms with Gasteiger partial charge in [-0.05, 0) is 0 Å². The molecule has 0 spiro atoms. The van der Waals surface area contributed by atoms with Gasteiger partial charge in [0, 0.05) is 0 Å². The summed E-state index contributed by atoms with van der Waals surface area (Å²) in [6.07, 6.45) is 0. The van der Waals surface area contributed by atoms with E-state index >= 15 is 0 Å². The van der Waals surface area contributed by atoms with Crippen LogP contribution in [0.4, 0.5) is 0 Å². The zero-order valence-corrected chi connectivity index (χ0v) is 4.72. The Hall–Kier alpha value is -0.503. The van der Waals surface area contributed by atoms with Crippen LogP contribution < -0.4 is 12.3 Å². The molecule has 0 aromatic carbocycles. The third-order valence-electron chi connectivity index (χ3n) is 0. The molecule has 0 bridgehead atoms. The van der Waals surface area contributed by atoms with Crippen LogP contribution in [0.5, 0.6) is 0 Å². The molecule has 48 valence electrons. The fourth-order valence-corrected chi connectivity index (χ4v) is 0. The van der Waals surface area contributed by atoms with Gasteiger partial charge in [0.25, 0.3) is 0 Å². The van der Waals surface area contributed by atoms with E-state index in [1.54, 1.807) is 0 Å². The monoisotopic (exact) mass is 130 g/mol. The third kappa shape index (κ3) is 266. The first-order chi connectivity index (χ1) is 1.73. The zero-order valence-electron chi connectivity index (χ0n) is 3.72. The Kier molecular flexibility index (Phi) is 80.2. The second-order valence-corrected chi connectivity index (χ2v) is 0.848. The van der Waals surface area contributed by atoms with Crippen LogP contribution in [-0.2, 0) is 4.46 Å². The molecule has 0 fully saturated rings. The maximum atomic E-state index is 8.74. The van der Waals surface area contributed by atoms with E-state index < -0.39 is 9.17 Å². The average molecular weight is 130 g/mol. The summed E-state index contributed by atoms with van der Waals surface area (Å²) in [5, 5.41) is 0. The molecule has 0 amide bonds. The van der Waals surface area contributed by atoms with Crippen LogP contribution in [0.3, 0.4) is 0 Å². The first-order valence-electron chi connectivity index (χ1n) is 0.651. The number of rotatable bonds is 0. The van der Waals surface area contributed by atoms with Crippen LogP contribution in [0.25, 0.3) is 0 Å². The van der Waals surface area contributed by atoms with Gasteiger partial charge in [0.2, 0.25) is 0 Å². The summed E-state index contributed by atoms with van der Waals surface area (Å²) in [7, 11) is -3.13. The fourth-order valence-electron chi connectivity index (χ4n) is 0. The van der Waals surface area contributed by atoms with Crippen LogP contribution >= 0.6 is 0 Å². The molecule has 0 aliphatic heterocycles. The summed E-state index contributed by atoms with van der Waals surface area (Å²) in [6, 6.07) is 0. The van der Waals surface area contributed by atoms with Crippen molar-refractivity contribution in [3.8, 4) is 0 Å². The first-order valence-corrected chi connectivity index (χ1v) is 1.95. The molecule has 7 heavy (non-hydrogen) atoms. The highest BCUT2D eigenvalue weighted by Crippen LogP contribution is 1.27. The number of hydrogen-bond donors (Lipinski definition) is 4. The molecule has 0 heterocycles. The van der Waals surface area contributed by atoms with Gasteiger partial charge in [-0.1, -0.05) is 0 Å². The lowest BCUT2D eigenvalue weighted by molar-refractivity contribution is 0.330. The van der Waals surface area contributed by atoms with E-state index in [1.807, 2.05) is 0 Å². The van der Waals surface area contributed by atoms with Crippen molar-refractivity contribution in [2.75, 3.05) is 0 Å². The van der Waals surface area contributed by atoms with Gasteiger partial charge in [0.1, 0.15) is 0 Å². The molecule has 0 unspecified atom stereocenters. The molecule has 0 rings (SSSR count). The molecule has 6 nitrogen and oxygen atoms in total. The summed E-state index contributed by atoms with van der Waals surface area (Å²) in [4.78, 5) is 14.3. The predicted octanol–water partition coefficient (Wildman–Crippen LogP) is -2.11. The number of hydrogen-bond acceptors (Lipinski definition) is 3. The Morgan fingerprint density at radius 1 is 1.14 bits per heavy atom. The van der Waals surface area contributed by atoms with Gasteiger partial charge in [-0.25, -0.2) is 0 Å². The van der Waals surface area contributed by atoms with E-state index in [1.165, 1.54) is 0 Å². The molecule has 0 aliphatic carbocycles. The van der Waals surface area contributed by atoms with E-state index in [0.717, 1.165) is 0 Å². The highest BCUT2D eigenvalue weighted by atomic mass is 28.3. The Bertz CT molecular complexity index is 32.7. The molecule has 0 aromatic rings. The van der Waals surface area contributed by atoms with Crippen LogP contribution in [0, 0.1) is 0 Å². The predicted molar refractivity (Wildman–Crippen MR) is 24.5 cm³/mol. The topological polar surface area (TPSA) is 159 Å². The first kappa shape index (κ1) is 31.5. The van der Waals surface area contributed by atoms with E-state index in [-0.39, 0.29) is 17.8 Å². The SMILES string of the molecule is N.N.O.O=[Si](O)O. The van der Waals surface area contributed by atoms with Gasteiger partial charge in [-0.3, -0.25) is 4.46 Å². The summed E-state index contributed by atoms with van der Waals surface area (Å²) in [5.41, 5.74) is 0.